The van der Waals surface area contributed by atoms with Crippen molar-refractivity contribution in [1.29, 1.82) is 0 Å². The predicted molar refractivity (Wildman–Crippen MR) is 136 cm³/mol. The molecule has 1 heterocycles. The van der Waals surface area contributed by atoms with E-state index in [0.29, 0.717) is 23.4 Å². The van der Waals surface area contributed by atoms with Gasteiger partial charge in [-0.3, -0.25) is 0 Å². The fraction of sp³-hybridized carbons (Fsp3) is 0.571. The number of ether oxygens (including phenoxy) is 1. The maximum Gasteiger partial charge on any atom is 0.138 e. The van der Waals surface area contributed by atoms with E-state index in [1.165, 1.54) is 19.3 Å². The summed E-state index contributed by atoms with van der Waals surface area (Å²) in [5.74, 6) is 0.753. The van der Waals surface area contributed by atoms with Crippen molar-refractivity contribution >= 4 is 11.6 Å². The highest BCUT2D eigenvalue weighted by Gasteiger charge is 2.40. The van der Waals surface area contributed by atoms with Crippen molar-refractivity contribution in [3.05, 3.63) is 64.7 Å². The second-order valence-corrected chi connectivity index (χ2v) is 10.6. The molecule has 0 radical (unpaired) electrons. The maximum absolute atomic E-state index is 11.8. The summed E-state index contributed by atoms with van der Waals surface area (Å²) in [5, 5.41) is 12.4. The zero-order valence-electron chi connectivity index (χ0n) is 20.2. The topological polar surface area (TPSA) is 35.9 Å². The van der Waals surface area contributed by atoms with Gasteiger partial charge in [0.25, 0.3) is 0 Å². The van der Waals surface area contributed by atoms with E-state index >= 15 is 0 Å². The summed E-state index contributed by atoms with van der Waals surface area (Å²) in [5.41, 5.74) is 1.58. The normalized spacial score (nSPS) is 22.3. The summed E-state index contributed by atoms with van der Waals surface area (Å²) < 4.78 is 6.01. The van der Waals surface area contributed by atoms with E-state index < -0.39 is 5.60 Å². The van der Waals surface area contributed by atoms with Crippen molar-refractivity contribution in [1.82, 2.24) is 9.80 Å². The third-order valence-electron chi connectivity index (χ3n) is 7.62. The van der Waals surface area contributed by atoms with E-state index in [1.54, 1.807) is 0 Å². The van der Waals surface area contributed by atoms with Crippen LogP contribution in [0.4, 0.5) is 0 Å². The Morgan fingerprint density at radius 1 is 1.09 bits per heavy atom. The van der Waals surface area contributed by atoms with Crippen LogP contribution < -0.4 is 4.74 Å². The SMILES string of the molecule is CN(C)C1CCCN(CC(c2ccc(OCc3ccccc3)c(Cl)c2)C2(O)CCCCC2)C1. The molecule has 1 saturated carbocycles. The van der Waals surface area contributed by atoms with Gasteiger partial charge in [-0.2, -0.15) is 0 Å². The smallest absolute Gasteiger partial charge is 0.138 e. The van der Waals surface area contributed by atoms with Crippen molar-refractivity contribution in [2.75, 3.05) is 33.7 Å². The lowest BCUT2D eigenvalue weighted by Gasteiger charge is -2.44. The maximum atomic E-state index is 11.8. The van der Waals surface area contributed by atoms with Crippen molar-refractivity contribution in [3.63, 3.8) is 0 Å². The molecule has 4 rings (SSSR count). The van der Waals surface area contributed by atoms with Gasteiger partial charge in [0, 0.05) is 25.0 Å². The van der Waals surface area contributed by atoms with E-state index in [9.17, 15) is 5.11 Å². The van der Waals surface area contributed by atoms with Gasteiger partial charge in [0.15, 0.2) is 0 Å². The van der Waals surface area contributed by atoms with Crippen LogP contribution in [0.25, 0.3) is 0 Å². The molecule has 1 saturated heterocycles. The molecular formula is C28H39ClN2O2. The third kappa shape index (κ3) is 6.30. The standard InChI is InChI=1S/C28H39ClN2O2/c1-30(2)24-12-9-17-31(19-24)20-25(28(32)15-7-4-8-16-28)23-13-14-27(26(29)18-23)33-21-22-10-5-3-6-11-22/h3,5-6,10-11,13-14,18,24-25,32H,4,7-9,12,15-17,19-21H2,1-2H3. The molecule has 33 heavy (non-hydrogen) atoms. The highest BCUT2D eigenvalue weighted by molar-refractivity contribution is 6.32. The number of halogens is 1. The van der Waals surface area contributed by atoms with Gasteiger partial charge in [-0.1, -0.05) is 67.3 Å². The molecule has 0 aromatic heterocycles. The first-order chi connectivity index (χ1) is 15.9. The summed E-state index contributed by atoms with van der Waals surface area (Å²) in [7, 11) is 4.35. The van der Waals surface area contributed by atoms with Gasteiger partial charge in [0.05, 0.1) is 10.6 Å². The van der Waals surface area contributed by atoms with Crippen LogP contribution in [0.3, 0.4) is 0 Å². The van der Waals surface area contributed by atoms with Gasteiger partial charge in [-0.25, -0.2) is 0 Å². The molecule has 2 aliphatic rings. The Kier molecular flexibility index (Phi) is 8.34. The largest absolute Gasteiger partial charge is 0.487 e. The van der Waals surface area contributed by atoms with Crippen molar-refractivity contribution < 1.29 is 9.84 Å². The number of likely N-dealkylation sites (tertiary alicyclic amines) is 1. The predicted octanol–water partition coefficient (Wildman–Crippen LogP) is 5.72. The Morgan fingerprint density at radius 3 is 2.55 bits per heavy atom. The van der Waals surface area contributed by atoms with E-state index in [4.69, 9.17) is 16.3 Å². The van der Waals surface area contributed by atoms with Crippen LogP contribution in [0, 0.1) is 0 Å². The molecule has 180 valence electrons. The number of nitrogens with zero attached hydrogens (tertiary/aromatic N) is 2. The first kappa shape index (κ1) is 24.5. The number of hydrogen-bond donors (Lipinski definition) is 1. The van der Waals surface area contributed by atoms with Crippen LogP contribution in [0.15, 0.2) is 48.5 Å². The molecule has 1 N–H and O–H groups in total. The number of aliphatic hydroxyl groups is 1. The van der Waals surface area contributed by atoms with Gasteiger partial charge in [-0.05, 0) is 69.6 Å². The average Bonchev–Trinajstić information content (AvgIpc) is 2.83. The molecule has 2 unspecified atom stereocenters. The summed E-state index contributed by atoms with van der Waals surface area (Å²) >= 11 is 6.70. The lowest BCUT2D eigenvalue weighted by molar-refractivity contribution is -0.0344. The molecule has 2 fully saturated rings. The first-order valence-corrected chi connectivity index (χ1v) is 12.9. The summed E-state index contributed by atoms with van der Waals surface area (Å²) in [4.78, 5) is 4.89. The molecule has 2 aromatic rings. The fourth-order valence-corrected chi connectivity index (χ4v) is 5.80. The molecule has 0 bridgehead atoms. The number of piperidine rings is 1. The Balaban J connectivity index is 1.53. The third-order valence-corrected chi connectivity index (χ3v) is 7.91. The first-order valence-electron chi connectivity index (χ1n) is 12.5. The molecule has 0 amide bonds. The van der Waals surface area contributed by atoms with Gasteiger partial charge in [0.2, 0.25) is 0 Å². The van der Waals surface area contributed by atoms with Gasteiger partial charge < -0.3 is 19.6 Å². The Morgan fingerprint density at radius 2 is 1.85 bits per heavy atom. The molecule has 2 atom stereocenters. The Labute approximate surface area is 204 Å². The summed E-state index contributed by atoms with van der Waals surface area (Å²) in [6.45, 7) is 3.53. The van der Waals surface area contributed by atoms with Crippen LogP contribution in [0.1, 0.15) is 62.0 Å². The summed E-state index contributed by atoms with van der Waals surface area (Å²) in [6, 6.07) is 16.9. The zero-order chi connectivity index (χ0) is 23.3. The van der Waals surface area contributed by atoms with Gasteiger partial charge in [-0.15, -0.1) is 0 Å². The van der Waals surface area contributed by atoms with Crippen LogP contribution in [-0.4, -0.2) is 60.3 Å². The quantitative estimate of drug-likeness (QED) is 0.535. The Bertz CT molecular complexity index is 883. The zero-order valence-corrected chi connectivity index (χ0v) is 20.9. The average molecular weight is 471 g/mol. The Hall–Kier alpha value is -1.59. The van der Waals surface area contributed by atoms with Gasteiger partial charge >= 0.3 is 0 Å². The van der Waals surface area contributed by atoms with Crippen LogP contribution in [0.2, 0.25) is 5.02 Å². The van der Waals surface area contributed by atoms with E-state index in [2.05, 4.69) is 42.1 Å². The number of likely N-dealkylation sites (N-methyl/N-ethyl adjacent to an activating group) is 1. The summed E-state index contributed by atoms with van der Waals surface area (Å²) in [6.07, 6.45) is 7.60. The van der Waals surface area contributed by atoms with E-state index in [1.807, 2.05) is 30.3 Å². The highest BCUT2D eigenvalue weighted by atomic mass is 35.5. The molecule has 1 aliphatic heterocycles. The second kappa shape index (κ2) is 11.2. The van der Waals surface area contributed by atoms with Gasteiger partial charge in [0.1, 0.15) is 12.4 Å². The van der Waals surface area contributed by atoms with E-state index in [-0.39, 0.29) is 5.92 Å². The second-order valence-electron chi connectivity index (χ2n) is 10.2. The molecule has 0 spiro atoms. The monoisotopic (exact) mass is 470 g/mol. The molecular weight excluding hydrogens is 432 g/mol. The lowest BCUT2D eigenvalue weighted by atomic mass is 9.72. The fourth-order valence-electron chi connectivity index (χ4n) is 5.56. The molecule has 5 heteroatoms. The van der Waals surface area contributed by atoms with Crippen LogP contribution in [-0.2, 0) is 6.61 Å². The van der Waals surface area contributed by atoms with Crippen LogP contribution in [0.5, 0.6) is 5.75 Å². The number of rotatable bonds is 8. The molecule has 1 aliphatic carbocycles. The van der Waals surface area contributed by atoms with Crippen molar-refractivity contribution in [2.45, 2.75) is 69.1 Å². The molecule has 2 aromatic carbocycles. The highest BCUT2D eigenvalue weighted by Crippen LogP contribution is 2.42. The number of benzene rings is 2. The minimum Gasteiger partial charge on any atom is -0.487 e. The lowest BCUT2D eigenvalue weighted by Crippen LogP contribution is -2.50. The van der Waals surface area contributed by atoms with Crippen molar-refractivity contribution in [3.8, 4) is 5.75 Å². The van der Waals surface area contributed by atoms with Crippen molar-refractivity contribution in [2.24, 2.45) is 0 Å². The van der Waals surface area contributed by atoms with E-state index in [0.717, 1.165) is 56.4 Å². The minimum absolute atomic E-state index is 0.0550. The minimum atomic E-state index is -0.668. The molecule has 4 nitrogen and oxygen atoms in total. The number of hydrogen-bond acceptors (Lipinski definition) is 4. The van der Waals surface area contributed by atoms with Crippen LogP contribution >= 0.6 is 11.6 Å².